The molecule has 200 valence electrons. The molecule has 0 saturated carbocycles. The van der Waals surface area contributed by atoms with E-state index in [4.69, 9.17) is 0 Å². The third kappa shape index (κ3) is 8.67. The number of unbranched alkanes of at least 4 members (excludes halogenated alkanes) is 3. The van der Waals surface area contributed by atoms with Crippen LogP contribution in [0, 0.1) is 0 Å². The topological polar surface area (TPSA) is 163 Å². The van der Waals surface area contributed by atoms with E-state index in [-0.39, 0.29) is 18.0 Å². The summed E-state index contributed by atoms with van der Waals surface area (Å²) in [5.74, 6) is -0.652. The van der Waals surface area contributed by atoms with Crippen molar-refractivity contribution in [3.05, 3.63) is 23.8 Å². The number of carbonyl (C=O) groups is 1. The Bertz CT molecular complexity index is 928. The Morgan fingerprint density at radius 2 is 1.80 bits per heavy atom. The number of β-amino-alcohol motifs (C(OH)–C–C–N with tert-alkyl or cyclic N) is 1. The van der Waals surface area contributed by atoms with Crippen molar-refractivity contribution in [1.82, 2.24) is 14.5 Å². The standard InChI is InChI=1S/C23H40N4O7S/c1-16(29)25-35(33,34)21-12-17(13-26(2)3)8-9-18(21)24-10-6-4-5-7-11-27-14-20(30)23(32)22(31)19(27)15-28/h8-9,12,19-20,22-24,28,30-32H,4-7,10-11,13-15H2,1-3H3,(H,25,29)/t19-,20+,22-,23-/m1/s1. The number of hydrogen-bond donors (Lipinski definition) is 6. The van der Waals surface area contributed by atoms with Crippen molar-refractivity contribution in [2.75, 3.05) is 45.7 Å². The molecule has 1 amide bonds. The first-order valence-electron chi connectivity index (χ1n) is 11.9. The van der Waals surface area contributed by atoms with Crippen LogP contribution in [-0.2, 0) is 21.4 Å². The maximum atomic E-state index is 12.7. The zero-order valence-electron chi connectivity index (χ0n) is 20.7. The minimum atomic E-state index is -4.00. The summed E-state index contributed by atoms with van der Waals surface area (Å²) in [6.07, 6.45) is -0.204. The predicted octanol–water partition coefficient (Wildman–Crippen LogP) is -0.695. The van der Waals surface area contributed by atoms with Crippen LogP contribution in [0.5, 0.6) is 0 Å². The molecule has 1 saturated heterocycles. The van der Waals surface area contributed by atoms with Gasteiger partial charge in [0.1, 0.15) is 17.1 Å². The molecule has 0 radical (unpaired) electrons. The normalized spacial score (nSPS) is 23.4. The predicted molar refractivity (Wildman–Crippen MR) is 132 cm³/mol. The van der Waals surface area contributed by atoms with Crippen LogP contribution in [0.3, 0.4) is 0 Å². The fourth-order valence-electron chi connectivity index (χ4n) is 4.29. The van der Waals surface area contributed by atoms with E-state index < -0.39 is 40.3 Å². The van der Waals surface area contributed by atoms with Crippen molar-refractivity contribution >= 4 is 21.6 Å². The average Bonchev–Trinajstić information content (AvgIpc) is 2.76. The monoisotopic (exact) mass is 516 g/mol. The van der Waals surface area contributed by atoms with Crippen molar-refractivity contribution < 1.29 is 33.6 Å². The van der Waals surface area contributed by atoms with E-state index in [0.29, 0.717) is 25.3 Å². The molecule has 0 spiro atoms. The van der Waals surface area contributed by atoms with E-state index in [2.05, 4.69) is 5.32 Å². The molecular formula is C23H40N4O7S. The summed E-state index contributed by atoms with van der Waals surface area (Å²) < 4.78 is 27.4. The molecule has 1 aliphatic rings. The Balaban J connectivity index is 1.86. The summed E-state index contributed by atoms with van der Waals surface area (Å²) in [6.45, 7) is 2.73. The lowest BCUT2D eigenvalue weighted by Crippen LogP contribution is -2.62. The number of sulfonamides is 1. The Morgan fingerprint density at radius 3 is 2.43 bits per heavy atom. The minimum absolute atomic E-state index is 0.0338. The summed E-state index contributed by atoms with van der Waals surface area (Å²) in [4.78, 5) is 15.2. The van der Waals surface area contributed by atoms with Gasteiger partial charge in [0, 0.05) is 26.6 Å². The van der Waals surface area contributed by atoms with Crippen LogP contribution in [0.2, 0.25) is 0 Å². The van der Waals surface area contributed by atoms with Crippen LogP contribution in [0.4, 0.5) is 5.69 Å². The van der Waals surface area contributed by atoms with Gasteiger partial charge in [0.15, 0.2) is 0 Å². The van der Waals surface area contributed by atoms with Crippen LogP contribution in [0.15, 0.2) is 23.1 Å². The second-order valence-corrected chi connectivity index (χ2v) is 11.0. The maximum absolute atomic E-state index is 12.7. The molecule has 12 heteroatoms. The number of amides is 1. The van der Waals surface area contributed by atoms with Gasteiger partial charge in [-0.15, -0.1) is 0 Å². The van der Waals surface area contributed by atoms with Gasteiger partial charge in [-0.25, -0.2) is 13.1 Å². The number of benzene rings is 1. The molecule has 1 heterocycles. The number of rotatable bonds is 13. The number of nitrogens with one attached hydrogen (secondary N) is 2. The highest BCUT2D eigenvalue weighted by molar-refractivity contribution is 7.90. The van der Waals surface area contributed by atoms with Crippen LogP contribution < -0.4 is 10.0 Å². The Hall–Kier alpha value is -1.80. The first-order chi connectivity index (χ1) is 16.5. The Morgan fingerprint density at radius 1 is 1.11 bits per heavy atom. The molecular weight excluding hydrogens is 476 g/mol. The first kappa shape index (κ1) is 29.4. The highest BCUT2D eigenvalue weighted by Gasteiger charge is 2.40. The van der Waals surface area contributed by atoms with Crippen molar-refractivity contribution in [2.45, 2.75) is 68.4 Å². The van der Waals surface area contributed by atoms with E-state index in [1.165, 1.54) is 0 Å². The van der Waals surface area contributed by atoms with Crippen molar-refractivity contribution in [1.29, 1.82) is 0 Å². The number of nitrogens with zero attached hydrogens (tertiary/aromatic N) is 2. The van der Waals surface area contributed by atoms with Gasteiger partial charge >= 0.3 is 0 Å². The summed E-state index contributed by atoms with van der Waals surface area (Å²) >= 11 is 0. The Kier molecular flexibility index (Phi) is 11.3. The molecule has 1 aliphatic heterocycles. The lowest BCUT2D eigenvalue weighted by Gasteiger charge is -2.43. The highest BCUT2D eigenvalue weighted by Crippen LogP contribution is 2.24. The summed E-state index contributed by atoms with van der Waals surface area (Å²) in [5, 5.41) is 42.4. The largest absolute Gasteiger partial charge is 0.395 e. The lowest BCUT2D eigenvalue weighted by molar-refractivity contribution is -0.145. The number of piperidine rings is 1. The molecule has 1 fully saturated rings. The van der Waals surface area contributed by atoms with E-state index in [0.717, 1.165) is 38.2 Å². The molecule has 6 N–H and O–H groups in total. The van der Waals surface area contributed by atoms with Crippen LogP contribution in [-0.4, -0.2) is 109 Å². The lowest BCUT2D eigenvalue weighted by atomic mass is 9.94. The molecule has 35 heavy (non-hydrogen) atoms. The smallest absolute Gasteiger partial charge is 0.266 e. The summed E-state index contributed by atoms with van der Waals surface area (Å²) in [6, 6.07) is 4.54. The van der Waals surface area contributed by atoms with Crippen molar-refractivity contribution in [3.8, 4) is 0 Å². The van der Waals surface area contributed by atoms with Gasteiger partial charge in [0.25, 0.3) is 10.0 Å². The quantitative estimate of drug-likeness (QED) is 0.185. The van der Waals surface area contributed by atoms with Gasteiger partial charge in [-0.1, -0.05) is 18.9 Å². The second kappa shape index (κ2) is 13.5. The SMILES string of the molecule is CC(=O)NS(=O)(=O)c1cc(CN(C)C)ccc1NCCCCCCN1C[C@H](O)[C@@H](O)[C@H](O)[C@H]1CO. The Labute approximate surface area is 207 Å². The molecule has 1 aromatic rings. The molecule has 4 atom stereocenters. The molecule has 0 aliphatic carbocycles. The van der Waals surface area contributed by atoms with Gasteiger partial charge in [-0.2, -0.15) is 0 Å². The van der Waals surface area contributed by atoms with Crippen LogP contribution in [0.25, 0.3) is 0 Å². The van der Waals surface area contributed by atoms with Gasteiger partial charge in [-0.3, -0.25) is 9.69 Å². The summed E-state index contributed by atoms with van der Waals surface area (Å²) in [7, 11) is -0.226. The fraction of sp³-hybridized carbons (Fsp3) is 0.696. The van der Waals surface area contributed by atoms with Crippen molar-refractivity contribution in [3.63, 3.8) is 0 Å². The third-order valence-electron chi connectivity index (χ3n) is 6.02. The first-order valence-corrected chi connectivity index (χ1v) is 13.4. The number of aliphatic hydroxyl groups is 4. The second-order valence-electron chi connectivity index (χ2n) is 9.36. The average molecular weight is 517 g/mol. The van der Waals surface area contributed by atoms with Crippen molar-refractivity contribution in [2.24, 2.45) is 0 Å². The van der Waals surface area contributed by atoms with E-state index in [1.54, 1.807) is 17.0 Å². The van der Waals surface area contributed by atoms with E-state index in [1.807, 2.05) is 29.8 Å². The molecule has 0 aromatic heterocycles. The zero-order valence-corrected chi connectivity index (χ0v) is 21.5. The van der Waals surface area contributed by atoms with Crippen LogP contribution >= 0.6 is 0 Å². The zero-order chi connectivity index (χ0) is 26.2. The summed E-state index contributed by atoms with van der Waals surface area (Å²) in [5.41, 5.74) is 1.24. The number of likely N-dealkylation sites (tertiary alicyclic amines) is 1. The maximum Gasteiger partial charge on any atom is 0.266 e. The number of carbonyl (C=O) groups excluding carboxylic acids is 1. The van der Waals surface area contributed by atoms with E-state index in [9.17, 15) is 33.6 Å². The van der Waals surface area contributed by atoms with Crippen LogP contribution in [0.1, 0.15) is 38.2 Å². The number of hydrogen-bond acceptors (Lipinski definition) is 10. The van der Waals surface area contributed by atoms with Gasteiger partial charge < -0.3 is 30.6 Å². The van der Waals surface area contributed by atoms with Gasteiger partial charge in [0.2, 0.25) is 5.91 Å². The molecule has 1 aromatic carbocycles. The van der Waals surface area contributed by atoms with Gasteiger partial charge in [-0.05, 0) is 51.2 Å². The van der Waals surface area contributed by atoms with Gasteiger partial charge in [0.05, 0.1) is 24.4 Å². The number of anilines is 1. The molecule has 0 unspecified atom stereocenters. The number of aliphatic hydroxyl groups excluding tert-OH is 4. The third-order valence-corrected chi connectivity index (χ3v) is 7.49. The molecule has 2 rings (SSSR count). The minimum Gasteiger partial charge on any atom is -0.395 e. The molecule has 11 nitrogen and oxygen atoms in total. The highest BCUT2D eigenvalue weighted by atomic mass is 32.2. The molecule has 0 bridgehead atoms. The van der Waals surface area contributed by atoms with E-state index >= 15 is 0 Å². The fourth-order valence-corrected chi connectivity index (χ4v) is 5.52.